The highest BCUT2D eigenvalue weighted by Gasteiger charge is 2.90. The molecule has 0 bridgehead atoms. The minimum Gasteiger partial charge on any atom is -0.339 e. The van der Waals surface area contributed by atoms with E-state index in [1.807, 2.05) is 0 Å². The second kappa shape index (κ2) is 8.20. The summed E-state index contributed by atoms with van der Waals surface area (Å²) in [5.41, 5.74) is 0. The van der Waals surface area contributed by atoms with E-state index in [0.717, 1.165) is 0 Å². The van der Waals surface area contributed by atoms with Gasteiger partial charge in [-0.1, -0.05) is 13.5 Å². The third-order valence-electron chi connectivity index (χ3n) is 3.67. The van der Waals surface area contributed by atoms with E-state index in [1.165, 1.54) is 6.92 Å². The Morgan fingerprint density at radius 2 is 1.17 bits per heavy atom. The fourth-order valence-electron chi connectivity index (χ4n) is 1.97. The van der Waals surface area contributed by atoms with Gasteiger partial charge in [0.1, 0.15) is 0 Å². The van der Waals surface area contributed by atoms with Gasteiger partial charge < -0.3 is 4.90 Å². The molecule has 0 saturated heterocycles. The highest BCUT2D eigenvalue weighted by Crippen LogP contribution is 2.60. The van der Waals surface area contributed by atoms with Gasteiger partial charge in [0.05, 0.1) is 0 Å². The zero-order chi connectivity index (χ0) is 23.7. The van der Waals surface area contributed by atoms with E-state index >= 15 is 0 Å². The van der Waals surface area contributed by atoms with Gasteiger partial charge in [0, 0.05) is 19.5 Å². The summed E-state index contributed by atoms with van der Waals surface area (Å²) in [6, 6.07) is 0. The van der Waals surface area contributed by atoms with Crippen molar-refractivity contribution < 1.29 is 61.9 Å². The molecule has 2 nitrogen and oxygen atoms in total. The first kappa shape index (κ1) is 27.3. The maximum absolute atomic E-state index is 13.6. The third kappa shape index (κ3) is 4.57. The van der Waals surface area contributed by atoms with Crippen LogP contribution in [-0.2, 0) is 4.79 Å². The van der Waals surface area contributed by atoms with Crippen molar-refractivity contribution >= 4 is 5.91 Å². The summed E-state index contributed by atoms with van der Waals surface area (Å²) < 4.78 is 168. The second-order valence-corrected chi connectivity index (χ2v) is 5.78. The Labute approximate surface area is 155 Å². The molecule has 1 amide bonds. The monoisotopic (exact) mass is 459 g/mol. The van der Waals surface area contributed by atoms with Crippen molar-refractivity contribution in [3.05, 3.63) is 12.7 Å². The van der Waals surface area contributed by atoms with Gasteiger partial charge in [0.25, 0.3) is 0 Å². The number of amides is 1. The standard InChI is InChI=1S/C14H14F13NO/c1-3-6-28(8(29)4-2)7-5-9(15,16)10(17,18)11(19,20)12(21,22)13(23,24)14(25,26)27/h4H,2-3,5-7H2,1H3. The van der Waals surface area contributed by atoms with Crippen molar-refractivity contribution in [1.82, 2.24) is 4.90 Å². The molecule has 0 aliphatic carbocycles. The molecular weight excluding hydrogens is 445 g/mol. The van der Waals surface area contributed by atoms with Crippen molar-refractivity contribution in [3.63, 3.8) is 0 Å². The number of halogens is 13. The average Bonchev–Trinajstić information content (AvgIpc) is 2.56. The molecule has 0 fully saturated rings. The van der Waals surface area contributed by atoms with Gasteiger partial charge in [-0.2, -0.15) is 57.1 Å². The predicted octanol–water partition coefficient (Wildman–Crippen LogP) is 5.54. The quantitative estimate of drug-likeness (QED) is 0.311. The summed E-state index contributed by atoms with van der Waals surface area (Å²) in [4.78, 5) is 11.7. The van der Waals surface area contributed by atoms with Crippen LogP contribution < -0.4 is 0 Å². The summed E-state index contributed by atoms with van der Waals surface area (Å²) in [5.74, 6) is -38.2. The predicted molar refractivity (Wildman–Crippen MR) is 72.5 cm³/mol. The van der Waals surface area contributed by atoms with E-state index < -0.39 is 54.7 Å². The van der Waals surface area contributed by atoms with Crippen molar-refractivity contribution in [2.24, 2.45) is 0 Å². The number of carbonyl (C=O) groups is 1. The smallest absolute Gasteiger partial charge is 0.339 e. The first-order chi connectivity index (χ1) is 12.7. The summed E-state index contributed by atoms with van der Waals surface area (Å²) in [6.45, 7) is 2.51. The van der Waals surface area contributed by atoms with Gasteiger partial charge in [-0.25, -0.2) is 0 Å². The van der Waals surface area contributed by atoms with Crippen molar-refractivity contribution in [1.29, 1.82) is 0 Å². The minimum atomic E-state index is -7.93. The molecule has 29 heavy (non-hydrogen) atoms. The lowest BCUT2D eigenvalue weighted by Gasteiger charge is -2.40. The van der Waals surface area contributed by atoms with Crippen LogP contribution in [0.4, 0.5) is 57.1 Å². The lowest BCUT2D eigenvalue weighted by Crippen LogP contribution is -2.70. The van der Waals surface area contributed by atoms with Crippen LogP contribution in [0.25, 0.3) is 0 Å². The van der Waals surface area contributed by atoms with Crippen molar-refractivity contribution in [2.45, 2.75) is 55.6 Å². The van der Waals surface area contributed by atoms with Crippen molar-refractivity contribution in [3.8, 4) is 0 Å². The molecule has 0 aromatic heterocycles. The Balaban J connectivity index is 5.98. The van der Waals surface area contributed by atoms with Crippen LogP contribution in [0, 0.1) is 0 Å². The Bertz CT molecular complexity index is 597. The van der Waals surface area contributed by atoms with E-state index in [4.69, 9.17) is 0 Å². The highest BCUT2D eigenvalue weighted by molar-refractivity contribution is 5.86. The first-order valence-electron chi connectivity index (χ1n) is 7.52. The number of carbonyl (C=O) groups excluding carboxylic acids is 1. The Hall–Kier alpha value is -1.70. The third-order valence-corrected chi connectivity index (χ3v) is 3.67. The maximum atomic E-state index is 13.6. The van der Waals surface area contributed by atoms with Gasteiger partial charge in [-0.15, -0.1) is 0 Å². The lowest BCUT2D eigenvalue weighted by molar-refractivity contribution is -0.440. The van der Waals surface area contributed by atoms with Crippen LogP contribution in [0.3, 0.4) is 0 Å². The number of nitrogens with zero attached hydrogens (tertiary/aromatic N) is 1. The van der Waals surface area contributed by atoms with Crippen LogP contribution in [0.1, 0.15) is 19.8 Å². The fourth-order valence-corrected chi connectivity index (χ4v) is 1.97. The summed E-state index contributed by atoms with van der Waals surface area (Å²) in [5, 5.41) is 0. The molecule has 0 aliphatic heterocycles. The molecule has 0 spiro atoms. The molecule has 15 heteroatoms. The van der Waals surface area contributed by atoms with Gasteiger partial charge in [-0.05, 0) is 12.5 Å². The largest absolute Gasteiger partial charge is 0.460 e. The fraction of sp³-hybridized carbons (Fsp3) is 0.786. The molecule has 0 unspecified atom stereocenters. The molecule has 0 aromatic rings. The Morgan fingerprint density at radius 3 is 1.52 bits per heavy atom. The molecule has 172 valence electrons. The number of rotatable bonds is 10. The topological polar surface area (TPSA) is 20.3 Å². The summed E-state index contributed by atoms with van der Waals surface area (Å²) in [7, 11) is 0. The zero-order valence-corrected chi connectivity index (χ0v) is 14.4. The molecule has 0 radical (unpaired) electrons. The van der Waals surface area contributed by atoms with Crippen LogP contribution in [0.15, 0.2) is 12.7 Å². The Kier molecular flexibility index (Phi) is 7.72. The van der Waals surface area contributed by atoms with Crippen LogP contribution >= 0.6 is 0 Å². The van der Waals surface area contributed by atoms with Gasteiger partial charge >= 0.3 is 35.8 Å². The molecule has 0 saturated carbocycles. The van der Waals surface area contributed by atoms with E-state index in [-0.39, 0.29) is 13.0 Å². The second-order valence-electron chi connectivity index (χ2n) is 5.78. The van der Waals surface area contributed by atoms with Gasteiger partial charge in [-0.3, -0.25) is 4.79 Å². The van der Waals surface area contributed by atoms with Crippen LogP contribution in [0.2, 0.25) is 0 Å². The van der Waals surface area contributed by atoms with E-state index in [0.29, 0.717) is 11.0 Å². The van der Waals surface area contributed by atoms with Crippen LogP contribution in [-0.4, -0.2) is 59.7 Å². The first-order valence-corrected chi connectivity index (χ1v) is 7.52. The molecule has 0 heterocycles. The van der Waals surface area contributed by atoms with E-state index in [2.05, 4.69) is 6.58 Å². The summed E-state index contributed by atoms with van der Waals surface area (Å²) in [6.07, 6.45) is -9.31. The number of hydrogen-bond donors (Lipinski definition) is 0. The molecule has 0 N–H and O–H groups in total. The normalized spacial score (nSPS) is 14.7. The minimum absolute atomic E-state index is 0.0492. The number of alkyl halides is 13. The summed E-state index contributed by atoms with van der Waals surface area (Å²) >= 11 is 0. The molecular formula is C14H14F13NO. The zero-order valence-electron chi connectivity index (χ0n) is 14.4. The van der Waals surface area contributed by atoms with E-state index in [1.54, 1.807) is 0 Å². The maximum Gasteiger partial charge on any atom is 0.460 e. The molecule has 0 atom stereocenters. The average molecular weight is 459 g/mol. The number of hydrogen-bond acceptors (Lipinski definition) is 1. The molecule has 0 aromatic carbocycles. The highest BCUT2D eigenvalue weighted by atomic mass is 19.4. The van der Waals surface area contributed by atoms with E-state index in [9.17, 15) is 61.9 Å². The lowest BCUT2D eigenvalue weighted by atomic mass is 9.92. The van der Waals surface area contributed by atoms with Gasteiger partial charge in [0.15, 0.2) is 0 Å². The van der Waals surface area contributed by atoms with Crippen LogP contribution in [0.5, 0.6) is 0 Å². The van der Waals surface area contributed by atoms with Crippen molar-refractivity contribution in [2.75, 3.05) is 13.1 Å². The molecule has 0 rings (SSSR count). The van der Waals surface area contributed by atoms with Gasteiger partial charge in [0.2, 0.25) is 5.91 Å². The molecule has 0 aliphatic rings. The Morgan fingerprint density at radius 1 is 0.759 bits per heavy atom. The SMILES string of the molecule is C=CC(=O)N(CCC)CCC(F)(F)C(F)(F)C(F)(F)C(F)(F)C(F)(F)C(F)(F)F.